The zero-order chi connectivity index (χ0) is 17.3. The number of hydrogen-bond acceptors (Lipinski definition) is 3. The third-order valence-electron chi connectivity index (χ3n) is 4.14. The fourth-order valence-electron chi connectivity index (χ4n) is 2.34. The van der Waals surface area contributed by atoms with Gasteiger partial charge in [0, 0.05) is 22.8 Å². The molecule has 1 N–H and O–H groups in total. The summed E-state index contributed by atoms with van der Waals surface area (Å²) < 4.78 is 1.68. The molecule has 1 unspecified atom stereocenters. The number of amides is 1. The molecule has 0 saturated carbocycles. The lowest BCUT2D eigenvalue weighted by molar-refractivity contribution is 0.0932. The predicted molar refractivity (Wildman–Crippen MR) is 95.2 cm³/mol. The minimum atomic E-state index is -0.160. The van der Waals surface area contributed by atoms with Crippen LogP contribution < -0.4 is 5.32 Å². The monoisotopic (exact) mass is 342 g/mol. The van der Waals surface area contributed by atoms with Crippen molar-refractivity contribution in [2.24, 2.45) is 5.92 Å². The average Bonchev–Trinajstić information content (AvgIpc) is 2.99. The first-order valence-electron chi connectivity index (χ1n) is 7.87. The molecule has 5 nitrogen and oxygen atoms in total. The second-order valence-electron chi connectivity index (χ2n) is 6.14. The van der Waals surface area contributed by atoms with Crippen LogP contribution in [0.3, 0.4) is 0 Å². The van der Waals surface area contributed by atoms with E-state index in [1.54, 1.807) is 16.9 Å². The number of fused-ring (bicyclic) bond motifs is 1. The van der Waals surface area contributed by atoms with Gasteiger partial charge in [-0.1, -0.05) is 37.6 Å². The smallest absolute Gasteiger partial charge is 0.256 e. The summed E-state index contributed by atoms with van der Waals surface area (Å²) >= 11 is 5.95. The predicted octanol–water partition coefficient (Wildman–Crippen LogP) is 3.82. The lowest BCUT2D eigenvalue weighted by atomic mass is 10.1. The maximum atomic E-state index is 12.5. The van der Waals surface area contributed by atoms with Crippen molar-refractivity contribution in [1.82, 2.24) is 19.9 Å². The molecule has 0 bridgehead atoms. The maximum absolute atomic E-state index is 12.5. The summed E-state index contributed by atoms with van der Waals surface area (Å²) in [5.74, 6) is 0.195. The molecule has 3 rings (SSSR count). The minimum absolute atomic E-state index is 0.0758. The Morgan fingerprint density at radius 3 is 2.54 bits per heavy atom. The largest absolute Gasteiger partial charge is 0.349 e. The molecule has 3 aromatic rings. The second kappa shape index (κ2) is 6.61. The van der Waals surface area contributed by atoms with Crippen LogP contribution in [0.1, 0.15) is 31.1 Å². The van der Waals surface area contributed by atoms with E-state index in [1.165, 1.54) is 0 Å². The van der Waals surface area contributed by atoms with E-state index in [-0.39, 0.29) is 11.9 Å². The molecule has 24 heavy (non-hydrogen) atoms. The quantitative estimate of drug-likeness (QED) is 0.784. The molecule has 6 heteroatoms. The molecule has 1 aromatic carbocycles. The third-order valence-corrected chi connectivity index (χ3v) is 4.40. The van der Waals surface area contributed by atoms with Crippen molar-refractivity contribution >= 4 is 23.2 Å². The van der Waals surface area contributed by atoms with E-state index in [9.17, 15) is 4.79 Å². The Kier molecular flexibility index (Phi) is 4.53. The molecule has 2 heterocycles. The molecule has 124 valence electrons. The fourth-order valence-corrected chi connectivity index (χ4v) is 2.47. The van der Waals surface area contributed by atoms with Crippen LogP contribution in [-0.2, 0) is 0 Å². The summed E-state index contributed by atoms with van der Waals surface area (Å²) in [5, 5.41) is 8.02. The zero-order valence-electron chi connectivity index (χ0n) is 13.8. The molecule has 0 spiro atoms. The fraction of sp³-hybridized carbons (Fsp3) is 0.278. The summed E-state index contributed by atoms with van der Waals surface area (Å²) in [6.45, 7) is 6.12. The van der Waals surface area contributed by atoms with Gasteiger partial charge >= 0.3 is 0 Å². The van der Waals surface area contributed by atoms with Gasteiger partial charge in [0.05, 0.1) is 11.9 Å². The Bertz CT molecular complexity index is 870. The van der Waals surface area contributed by atoms with Crippen LogP contribution in [0, 0.1) is 5.92 Å². The van der Waals surface area contributed by atoms with Crippen molar-refractivity contribution in [3.05, 3.63) is 53.3 Å². The summed E-state index contributed by atoms with van der Waals surface area (Å²) in [6.07, 6.45) is 3.24. The zero-order valence-corrected chi connectivity index (χ0v) is 14.6. The van der Waals surface area contributed by atoms with Crippen LogP contribution in [0.4, 0.5) is 0 Å². The molecule has 0 fully saturated rings. The highest BCUT2D eigenvalue weighted by atomic mass is 35.5. The number of carbonyl (C=O) groups is 1. The van der Waals surface area contributed by atoms with Crippen molar-refractivity contribution < 1.29 is 4.79 Å². The van der Waals surface area contributed by atoms with Crippen LogP contribution >= 0.6 is 11.6 Å². The number of nitrogens with one attached hydrogen (secondary N) is 1. The van der Waals surface area contributed by atoms with Crippen molar-refractivity contribution in [1.29, 1.82) is 0 Å². The third kappa shape index (κ3) is 3.12. The Labute approximate surface area is 145 Å². The highest BCUT2D eigenvalue weighted by molar-refractivity contribution is 6.30. The van der Waals surface area contributed by atoms with Crippen LogP contribution in [0.15, 0.2) is 42.7 Å². The summed E-state index contributed by atoms with van der Waals surface area (Å²) in [5.41, 5.74) is 2.82. The Morgan fingerprint density at radius 2 is 1.88 bits per heavy atom. The number of carbonyl (C=O) groups excluding carboxylic acids is 1. The van der Waals surface area contributed by atoms with Crippen LogP contribution in [0.2, 0.25) is 5.02 Å². The van der Waals surface area contributed by atoms with Crippen molar-refractivity contribution in [2.75, 3.05) is 0 Å². The van der Waals surface area contributed by atoms with E-state index in [0.717, 1.165) is 11.3 Å². The molecule has 0 radical (unpaired) electrons. The Morgan fingerprint density at radius 1 is 1.17 bits per heavy atom. The first-order chi connectivity index (χ1) is 11.5. The molecule has 1 amide bonds. The van der Waals surface area contributed by atoms with Gasteiger partial charge in [0.1, 0.15) is 5.56 Å². The standard InChI is InChI=1S/C18H19ClN4O/c1-11(2)12(3)22-18(24)15-10-21-23-16(8-9-20-17(15)23)13-4-6-14(19)7-5-13/h4-12H,1-3H3,(H,22,24). The lowest BCUT2D eigenvalue weighted by Crippen LogP contribution is -2.36. The molecule has 0 aliphatic rings. The highest BCUT2D eigenvalue weighted by Gasteiger charge is 2.18. The van der Waals surface area contributed by atoms with Gasteiger partial charge in [0.15, 0.2) is 5.65 Å². The van der Waals surface area contributed by atoms with Gasteiger partial charge in [-0.25, -0.2) is 9.50 Å². The minimum Gasteiger partial charge on any atom is -0.349 e. The summed E-state index contributed by atoms with van der Waals surface area (Å²) in [7, 11) is 0. The lowest BCUT2D eigenvalue weighted by Gasteiger charge is -2.16. The average molecular weight is 343 g/mol. The van der Waals surface area contributed by atoms with Crippen LogP contribution in [0.25, 0.3) is 16.9 Å². The van der Waals surface area contributed by atoms with E-state index in [1.807, 2.05) is 37.3 Å². The highest BCUT2D eigenvalue weighted by Crippen LogP contribution is 2.22. The van der Waals surface area contributed by atoms with E-state index < -0.39 is 0 Å². The van der Waals surface area contributed by atoms with Gasteiger partial charge in [-0.2, -0.15) is 5.10 Å². The van der Waals surface area contributed by atoms with Crippen molar-refractivity contribution in [2.45, 2.75) is 26.8 Å². The SMILES string of the molecule is CC(C)C(C)NC(=O)c1cnn2c(-c3ccc(Cl)cc3)ccnc12. The first-order valence-corrected chi connectivity index (χ1v) is 8.24. The molecule has 1 atom stereocenters. The van der Waals surface area contributed by atoms with E-state index in [0.29, 0.717) is 22.2 Å². The maximum Gasteiger partial charge on any atom is 0.256 e. The van der Waals surface area contributed by atoms with Crippen molar-refractivity contribution in [3.63, 3.8) is 0 Å². The first kappa shape index (κ1) is 16.5. The van der Waals surface area contributed by atoms with Gasteiger partial charge in [0.25, 0.3) is 5.91 Å². The van der Waals surface area contributed by atoms with E-state index >= 15 is 0 Å². The van der Waals surface area contributed by atoms with E-state index in [2.05, 4.69) is 29.2 Å². The number of benzene rings is 1. The molecular weight excluding hydrogens is 324 g/mol. The number of rotatable bonds is 4. The number of aromatic nitrogens is 3. The summed E-state index contributed by atoms with van der Waals surface area (Å²) in [6, 6.07) is 9.42. The molecule has 0 aliphatic heterocycles. The molecule has 0 saturated heterocycles. The van der Waals surface area contributed by atoms with Gasteiger partial charge < -0.3 is 5.32 Å². The molecule has 0 aliphatic carbocycles. The number of halogens is 1. The Balaban J connectivity index is 2.00. The topological polar surface area (TPSA) is 59.3 Å². The summed E-state index contributed by atoms with van der Waals surface area (Å²) in [4.78, 5) is 16.8. The van der Waals surface area contributed by atoms with Crippen LogP contribution in [-0.4, -0.2) is 26.5 Å². The van der Waals surface area contributed by atoms with Gasteiger partial charge in [0.2, 0.25) is 0 Å². The number of nitrogens with zero attached hydrogens (tertiary/aromatic N) is 3. The second-order valence-corrected chi connectivity index (χ2v) is 6.57. The molecular formula is C18H19ClN4O. The van der Waals surface area contributed by atoms with E-state index in [4.69, 9.17) is 11.6 Å². The van der Waals surface area contributed by atoms with Gasteiger partial charge in [-0.05, 0) is 31.0 Å². The van der Waals surface area contributed by atoms with Gasteiger partial charge in [-0.15, -0.1) is 0 Å². The number of hydrogen-bond donors (Lipinski definition) is 1. The molecule has 2 aromatic heterocycles. The van der Waals surface area contributed by atoms with Gasteiger partial charge in [-0.3, -0.25) is 4.79 Å². The Hall–Kier alpha value is -2.40. The van der Waals surface area contributed by atoms with Crippen molar-refractivity contribution in [3.8, 4) is 11.3 Å². The van der Waals surface area contributed by atoms with Crippen LogP contribution in [0.5, 0.6) is 0 Å². The normalized spacial score (nSPS) is 12.5.